The third kappa shape index (κ3) is 6.08. The van der Waals surface area contributed by atoms with Crippen molar-refractivity contribution in [3.8, 4) is 16.9 Å². The zero-order valence-corrected chi connectivity index (χ0v) is 18.3. The van der Waals surface area contributed by atoms with E-state index >= 15 is 0 Å². The highest BCUT2D eigenvalue weighted by Gasteiger charge is 2.31. The van der Waals surface area contributed by atoms with Crippen molar-refractivity contribution >= 4 is 29.3 Å². The highest BCUT2D eigenvalue weighted by Crippen LogP contribution is 2.36. The van der Waals surface area contributed by atoms with Gasteiger partial charge in [-0.05, 0) is 53.1 Å². The molecule has 0 radical (unpaired) electrons. The molecule has 0 saturated heterocycles. The van der Waals surface area contributed by atoms with Crippen molar-refractivity contribution in [1.29, 1.82) is 0 Å². The van der Waals surface area contributed by atoms with Crippen molar-refractivity contribution in [2.75, 3.05) is 7.11 Å². The summed E-state index contributed by atoms with van der Waals surface area (Å²) >= 11 is 11.8. The molecule has 1 amide bonds. The molecular formula is C23H18Cl2F3NO3. The van der Waals surface area contributed by atoms with E-state index in [2.05, 4.69) is 5.32 Å². The SMILES string of the molecule is COc1ccccc1-c1ccc(C(F)(F)F)cc1CNC(=O)OCc1cc(Cl)cc(Cl)c1. The molecule has 0 aliphatic carbocycles. The van der Waals surface area contributed by atoms with Crippen LogP contribution in [0.25, 0.3) is 11.1 Å². The van der Waals surface area contributed by atoms with Gasteiger partial charge in [-0.25, -0.2) is 4.79 Å². The summed E-state index contributed by atoms with van der Waals surface area (Å²) in [6.07, 6.45) is -5.33. The molecule has 0 atom stereocenters. The van der Waals surface area contributed by atoms with Gasteiger partial charge in [0.05, 0.1) is 12.7 Å². The molecule has 0 saturated carbocycles. The fraction of sp³-hybridized carbons (Fsp3) is 0.174. The number of alkyl carbamates (subject to hydrolysis) is 1. The lowest BCUT2D eigenvalue weighted by Crippen LogP contribution is -2.24. The van der Waals surface area contributed by atoms with Crippen LogP contribution >= 0.6 is 23.2 Å². The third-order valence-corrected chi connectivity index (χ3v) is 4.98. The number of hydrogen-bond donors (Lipinski definition) is 1. The van der Waals surface area contributed by atoms with E-state index in [1.54, 1.807) is 42.5 Å². The average Bonchev–Trinajstić information content (AvgIpc) is 2.74. The Kier molecular flexibility index (Phi) is 7.53. The number of hydrogen-bond acceptors (Lipinski definition) is 3. The summed E-state index contributed by atoms with van der Waals surface area (Å²) in [5, 5.41) is 3.27. The number of para-hydroxylation sites is 1. The summed E-state index contributed by atoms with van der Waals surface area (Å²) in [6.45, 7) is -0.291. The maximum absolute atomic E-state index is 13.3. The fourth-order valence-electron chi connectivity index (χ4n) is 3.11. The van der Waals surface area contributed by atoms with Gasteiger partial charge in [-0.2, -0.15) is 13.2 Å². The molecule has 4 nitrogen and oxygen atoms in total. The monoisotopic (exact) mass is 483 g/mol. The Hall–Kier alpha value is -2.90. The van der Waals surface area contributed by atoms with E-state index in [0.29, 0.717) is 32.5 Å². The van der Waals surface area contributed by atoms with Crippen LogP contribution in [0.4, 0.5) is 18.0 Å². The van der Waals surface area contributed by atoms with E-state index in [1.165, 1.54) is 13.2 Å². The Balaban J connectivity index is 1.79. The number of alkyl halides is 3. The smallest absolute Gasteiger partial charge is 0.416 e. The summed E-state index contributed by atoms with van der Waals surface area (Å²) in [5.74, 6) is 0.494. The number of rotatable bonds is 6. The Bertz CT molecular complexity index is 1100. The first-order chi connectivity index (χ1) is 15.2. The van der Waals surface area contributed by atoms with Crippen LogP contribution in [0.3, 0.4) is 0 Å². The van der Waals surface area contributed by atoms with Gasteiger partial charge in [0.2, 0.25) is 0 Å². The minimum absolute atomic E-state index is 0.103. The van der Waals surface area contributed by atoms with Crippen LogP contribution in [0.2, 0.25) is 10.0 Å². The predicted octanol–water partition coefficient (Wildman–Crippen LogP) is 7.11. The number of carbonyl (C=O) groups is 1. The minimum atomic E-state index is -4.53. The summed E-state index contributed by atoms with van der Waals surface area (Å²) in [6, 6.07) is 15.0. The van der Waals surface area contributed by atoms with E-state index in [9.17, 15) is 18.0 Å². The Labute approximate surface area is 192 Å². The topological polar surface area (TPSA) is 47.6 Å². The molecule has 0 spiro atoms. The van der Waals surface area contributed by atoms with Gasteiger partial charge >= 0.3 is 12.3 Å². The van der Waals surface area contributed by atoms with Crippen molar-refractivity contribution in [2.45, 2.75) is 19.3 Å². The van der Waals surface area contributed by atoms with Crippen LogP contribution in [0.1, 0.15) is 16.7 Å². The highest BCUT2D eigenvalue weighted by molar-refractivity contribution is 6.34. The van der Waals surface area contributed by atoms with Gasteiger partial charge in [0.15, 0.2) is 0 Å². The lowest BCUT2D eigenvalue weighted by atomic mass is 9.96. The van der Waals surface area contributed by atoms with Gasteiger partial charge in [-0.15, -0.1) is 0 Å². The van der Waals surface area contributed by atoms with Crippen molar-refractivity contribution < 1.29 is 27.4 Å². The highest BCUT2D eigenvalue weighted by atomic mass is 35.5. The van der Waals surface area contributed by atoms with E-state index in [1.807, 2.05) is 0 Å². The molecule has 9 heteroatoms. The molecule has 0 aliphatic heterocycles. The fourth-order valence-corrected chi connectivity index (χ4v) is 3.68. The van der Waals surface area contributed by atoms with Gasteiger partial charge in [0, 0.05) is 22.2 Å². The van der Waals surface area contributed by atoms with Gasteiger partial charge in [-0.3, -0.25) is 0 Å². The largest absolute Gasteiger partial charge is 0.496 e. The first-order valence-corrected chi connectivity index (χ1v) is 10.1. The molecule has 3 aromatic rings. The second-order valence-corrected chi connectivity index (χ2v) is 7.65. The first-order valence-electron chi connectivity index (χ1n) is 9.36. The molecule has 0 aliphatic rings. The van der Waals surface area contributed by atoms with Crippen molar-refractivity contribution in [2.24, 2.45) is 0 Å². The maximum Gasteiger partial charge on any atom is 0.416 e. The van der Waals surface area contributed by atoms with Crippen molar-refractivity contribution in [3.63, 3.8) is 0 Å². The normalized spacial score (nSPS) is 11.2. The number of ether oxygens (including phenoxy) is 2. The number of amides is 1. The van der Waals surface area contributed by atoms with Gasteiger partial charge < -0.3 is 14.8 Å². The lowest BCUT2D eigenvalue weighted by molar-refractivity contribution is -0.137. The Morgan fingerprint density at radius 2 is 1.66 bits per heavy atom. The number of carbonyl (C=O) groups excluding carboxylic acids is 1. The van der Waals surface area contributed by atoms with Crippen LogP contribution < -0.4 is 10.1 Å². The van der Waals surface area contributed by atoms with Gasteiger partial charge in [-0.1, -0.05) is 47.5 Å². The minimum Gasteiger partial charge on any atom is -0.496 e. The summed E-state index contributed by atoms with van der Waals surface area (Å²) < 4.78 is 50.2. The molecule has 1 N–H and O–H groups in total. The third-order valence-electron chi connectivity index (χ3n) is 4.55. The molecule has 0 aromatic heterocycles. The number of nitrogens with one attached hydrogen (secondary N) is 1. The summed E-state index contributed by atoms with van der Waals surface area (Å²) in [4.78, 5) is 12.2. The van der Waals surface area contributed by atoms with Crippen molar-refractivity contribution in [1.82, 2.24) is 5.32 Å². The zero-order chi connectivity index (χ0) is 23.3. The standard InChI is InChI=1S/C23H18Cl2F3NO3/c1-31-21-5-3-2-4-20(21)19-7-6-16(23(26,27)28)10-15(19)12-29-22(30)32-13-14-8-17(24)11-18(25)9-14/h2-11H,12-13H2,1H3,(H,29,30). The number of halogens is 5. The molecule has 0 unspecified atom stereocenters. The molecule has 3 aromatic carbocycles. The van der Waals surface area contributed by atoms with Gasteiger partial charge in [0.1, 0.15) is 12.4 Å². The van der Waals surface area contributed by atoms with Gasteiger partial charge in [0.25, 0.3) is 0 Å². The average molecular weight is 484 g/mol. The van der Waals surface area contributed by atoms with E-state index < -0.39 is 17.8 Å². The second-order valence-electron chi connectivity index (χ2n) is 6.78. The second kappa shape index (κ2) is 10.1. The first kappa shape index (κ1) is 23.8. The summed E-state index contributed by atoms with van der Waals surface area (Å²) in [7, 11) is 1.47. The van der Waals surface area contributed by atoms with Crippen molar-refractivity contribution in [3.05, 3.63) is 87.4 Å². The Morgan fingerprint density at radius 3 is 2.31 bits per heavy atom. The molecule has 168 valence electrons. The van der Waals surface area contributed by atoms with Crippen LogP contribution in [-0.4, -0.2) is 13.2 Å². The van der Waals surface area contributed by atoms with E-state index in [-0.39, 0.29) is 18.7 Å². The molecule has 32 heavy (non-hydrogen) atoms. The molecular weight excluding hydrogens is 466 g/mol. The van der Waals surface area contributed by atoms with E-state index in [0.717, 1.165) is 12.1 Å². The quantitative estimate of drug-likeness (QED) is 0.406. The molecule has 0 bridgehead atoms. The van der Waals surface area contributed by atoms with Crippen LogP contribution in [-0.2, 0) is 24.1 Å². The zero-order valence-electron chi connectivity index (χ0n) is 16.8. The van der Waals surface area contributed by atoms with E-state index in [4.69, 9.17) is 32.7 Å². The number of methoxy groups -OCH3 is 1. The van der Waals surface area contributed by atoms with Crippen LogP contribution in [0.15, 0.2) is 60.7 Å². The molecule has 3 rings (SSSR count). The molecule has 0 fully saturated rings. The number of benzene rings is 3. The maximum atomic E-state index is 13.3. The van der Waals surface area contributed by atoms with Crippen LogP contribution in [0.5, 0.6) is 5.75 Å². The predicted molar refractivity (Wildman–Crippen MR) is 117 cm³/mol. The lowest BCUT2D eigenvalue weighted by Gasteiger charge is -2.16. The summed E-state index contributed by atoms with van der Waals surface area (Å²) in [5.41, 5.74) is 1.10. The van der Waals surface area contributed by atoms with Crippen LogP contribution in [0, 0.1) is 0 Å². The molecule has 0 heterocycles. The Morgan fingerprint density at radius 1 is 0.969 bits per heavy atom.